The number of rotatable bonds is 2. The lowest BCUT2D eigenvalue weighted by molar-refractivity contribution is 0.252. The lowest BCUT2D eigenvalue weighted by Crippen LogP contribution is -2.34. The lowest BCUT2D eigenvalue weighted by atomic mass is 9.84. The highest BCUT2D eigenvalue weighted by Gasteiger charge is 2.15. The van der Waals surface area contributed by atoms with Crippen LogP contribution in [0.1, 0.15) is 43.6 Å². The molecule has 1 aromatic rings. The third-order valence-corrected chi connectivity index (χ3v) is 3.38. The van der Waals surface area contributed by atoms with Gasteiger partial charge in [0, 0.05) is 5.69 Å². The van der Waals surface area contributed by atoms with E-state index in [1.165, 1.54) is 37.7 Å². The average Bonchev–Trinajstić information content (AvgIpc) is 2.40. The molecule has 0 heterocycles. The van der Waals surface area contributed by atoms with Gasteiger partial charge in [0.15, 0.2) is 0 Å². The molecular weight excluding hydrogens is 214 g/mol. The molecule has 0 bridgehead atoms. The predicted octanol–water partition coefficient (Wildman–Crippen LogP) is 2.73. The van der Waals surface area contributed by atoms with Crippen LogP contribution in [0.3, 0.4) is 0 Å². The Labute approximate surface area is 102 Å². The Morgan fingerprint density at radius 1 is 1.12 bits per heavy atom. The molecule has 1 fully saturated rings. The minimum atomic E-state index is -0.393. The second kappa shape index (κ2) is 5.68. The molecule has 0 radical (unpaired) electrons. The first-order chi connectivity index (χ1) is 8.29. The standard InChI is InChI=1S/C13H19N3O/c14-16-13(17)15-12-8-6-11(7-9-12)10-4-2-1-3-5-10/h6-10H,1-5,14H2,(H2,15,16,17). The van der Waals surface area contributed by atoms with Gasteiger partial charge in [0.2, 0.25) is 0 Å². The molecule has 2 rings (SSSR count). The Bertz CT molecular complexity index is 369. The Morgan fingerprint density at radius 2 is 1.76 bits per heavy atom. The second-order valence-corrected chi connectivity index (χ2v) is 4.56. The van der Waals surface area contributed by atoms with E-state index in [0.29, 0.717) is 5.92 Å². The summed E-state index contributed by atoms with van der Waals surface area (Å²) in [6.07, 6.45) is 6.61. The van der Waals surface area contributed by atoms with E-state index >= 15 is 0 Å². The number of amides is 2. The predicted molar refractivity (Wildman–Crippen MR) is 68.6 cm³/mol. The van der Waals surface area contributed by atoms with Crippen molar-refractivity contribution in [3.8, 4) is 0 Å². The van der Waals surface area contributed by atoms with Crippen molar-refractivity contribution >= 4 is 11.7 Å². The van der Waals surface area contributed by atoms with Gasteiger partial charge in [-0.3, -0.25) is 5.43 Å². The molecule has 92 valence electrons. The number of nitrogens with one attached hydrogen (secondary N) is 2. The van der Waals surface area contributed by atoms with E-state index in [9.17, 15) is 4.79 Å². The van der Waals surface area contributed by atoms with Crippen LogP contribution in [0.4, 0.5) is 10.5 Å². The van der Waals surface area contributed by atoms with Gasteiger partial charge in [0.25, 0.3) is 0 Å². The first-order valence-electron chi connectivity index (χ1n) is 6.17. The molecule has 1 aromatic carbocycles. The zero-order chi connectivity index (χ0) is 12.1. The summed E-state index contributed by atoms with van der Waals surface area (Å²) in [4.78, 5) is 11.0. The van der Waals surface area contributed by atoms with Crippen LogP contribution in [0.5, 0.6) is 0 Å². The van der Waals surface area contributed by atoms with Crippen molar-refractivity contribution in [3.05, 3.63) is 29.8 Å². The van der Waals surface area contributed by atoms with E-state index < -0.39 is 6.03 Å². The normalized spacial score (nSPS) is 16.5. The van der Waals surface area contributed by atoms with E-state index in [1.807, 2.05) is 17.6 Å². The van der Waals surface area contributed by atoms with E-state index in [0.717, 1.165) is 5.69 Å². The number of hydrogen-bond donors (Lipinski definition) is 3. The van der Waals surface area contributed by atoms with Gasteiger partial charge in [0.1, 0.15) is 0 Å². The van der Waals surface area contributed by atoms with Crippen LogP contribution >= 0.6 is 0 Å². The van der Waals surface area contributed by atoms with E-state index in [2.05, 4.69) is 17.4 Å². The van der Waals surface area contributed by atoms with Gasteiger partial charge in [-0.15, -0.1) is 0 Å². The molecule has 0 saturated heterocycles. The van der Waals surface area contributed by atoms with Crippen molar-refractivity contribution in [2.24, 2.45) is 5.84 Å². The van der Waals surface area contributed by atoms with Crippen LogP contribution in [-0.2, 0) is 0 Å². The summed E-state index contributed by atoms with van der Waals surface area (Å²) in [6.45, 7) is 0. The molecule has 4 nitrogen and oxygen atoms in total. The van der Waals surface area contributed by atoms with Crippen molar-refractivity contribution in [3.63, 3.8) is 0 Å². The summed E-state index contributed by atoms with van der Waals surface area (Å²) in [6, 6.07) is 7.66. The third-order valence-electron chi connectivity index (χ3n) is 3.38. The van der Waals surface area contributed by atoms with Crippen LogP contribution in [0.15, 0.2) is 24.3 Å². The molecule has 4 heteroatoms. The van der Waals surface area contributed by atoms with E-state index in [4.69, 9.17) is 5.84 Å². The van der Waals surface area contributed by atoms with E-state index in [1.54, 1.807) is 0 Å². The lowest BCUT2D eigenvalue weighted by Gasteiger charge is -2.22. The molecule has 1 saturated carbocycles. The van der Waals surface area contributed by atoms with Gasteiger partial charge in [-0.1, -0.05) is 31.4 Å². The Morgan fingerprint density at radius 3 is 2.35 bits per heavy atom. The minimum absolute atomic E-state index is 0.393. The molecule has 0 unspecified atom stereocenters. The van der Waals surface area contributed by atoms with Gasteiger partial charge in [0.05, 0.1) is 0 Å². The number of carbonyl (C=O) groups excluding carboxylic acids is 1. The topological polar surface area (TPSA) is 67.1 Å². The van der Waals surface area contributed by atoms with Gasteiger partial charge in [-0.2, -0.15) is 0 Å². The van der Waals surface area contributed by atoms with E-state index in [-0.39, 0.29) is 0 Å². The SMILES string of the molecule is NNC(=O)Nc1ccc(C2CCCCC2)cc1. The number of hydrazine groups is 1. The smallest absolute Gasteiger partial charge is 0.307 e. The zero-order valence-corrected chi connectivity index (χ0v) is 9.91. The van der Waals surface area contributed by atoms with Crippen LogP contribution in [0.25, 0.3) is 0 Å². The summed E-state index contributed by atoms with van der Waals surface area (Å²) in [5.74, 6) is 5.70. The van der Waals surface area contributed by atoms with Gasteiger partial charge in [-0.25, -0.2) is 10.6 Å². The highest BCUT2D eigenvalue weighted by molar-refractivity contribution is 5.88. The fraction of sp³-hybridized carbons (Fsp3) is 0.462. The van der Waals surface area contributed by atoms with Crippen LogP contribution in [0.2, 0.25) is 0 Å². The largest absolute Gasteiger partial charge is 0.333 e. The van der Waals surface area contributed by atoms with Crippen LogP contribution in [-0.4, -0.2) is 6.03 Å². The molecule has 0 aromatic heterocycles. The number of anilines is 1. The van der Waals surface area contributed by atoms with Gasteiger partial charge in [-0.05, 0) is 36.5 Å². The first-order valence-corrected chi connectivity index (χ1v) is 6.17. The van der Waals surface area contributed by atoms with Crippen molar-refractivity contribution in [2.75, 3.05) is 5.32 Å². The molecule has 2 amide bonds. The number of carbonyl (C=O) groups is 1. The van der Waals surface area contributed by atoms with Crippen LogP contribution in [0, 0.1) is 0 Å². The zero-order valence-electron chi connectivity index (χ0n) is 9.91. The third kappa shape index (κ3) is 3.20. The van der Waals surface area contributed by atoms with Crippen molar-refractivity contribution in [1.29, 1.82) is 0 Å². The molecule has 1 aliphatic carbocycles. The first kappa shape index (κ1) is 11.9. The fourth-order valence-electron chi connectivity index (χ4n) is 2.44. The monoisotopic (exact) mass is 233 g/mol. The quantitative estimate of drug-likeness (QED) is 0.417. The minimum Gasteiger partial charge on any atom is -0.307 e. The highest BCUT2D eigenvalue weighted by atomic mass is 16.2. The van der Waals surface area contributed by atoms with Crippen LogP contribution < -0.4 is 16.6 Å². The maximum atomic E-state index is 11.0. The average molecular weight is 233 g/mol. The summed E-state index contributed by atoms with van der Waals surface area (Å²) in [7, 11) is 0. The second-order valence-electron chi connectivity index (χ2n) is 4.56. The number of urea groups is 1. The summed E-state index contributed by atoms with van der Waals surface area (Å²) >= 11 is 0. The molecule has 0 spiro atoms. The van der Waals surface area contributed by atoms with Crippen molar-refractivity contribution in [1.82, 2.24) is 5.43 Å². The summed E-state index contributed by atoms with van der Waals surface area (Å²) in [5.41, 5.74) is 4.19. The fourth-order valence-corrected chi connectivity index (χ4v) is 2.44. The maximum absolute atomic E-state index is 11.0. The molecule has 0 aliphatic heterocycles. The Hall–Kier alpha value is -1.55. The summed E-state index contributed by atoms with van der Waals surface area (Å²) < 4.78 is 0. The van der Waals surface area contributed by atoms with Crippen molar-refractivity contribution in [2.45, 2.75) is 38.0 Å². The molecule has 1 aliphatic rings. The number of nitrogens with two attached hydrogens (primary N) is 1. The van der Waals surface area contributed by atoms with Crippen molar-refractivity contribution < 1.29 is 4.79 Å². The van der Waals surface area contributed by atoms with Gasteiger partial charge < -0.3 is 5.32 Å². The van der Waals surface area contributed by atoms with Gasteiger partial charge >= 0.3 is 6.03 Å². The maximum Gasteiger partial charge on any atom is 0.333 e. The number of benzene rings is 1. The number of hydrogen-bond acceptors (Lipinski definition) is 2. The molecule has 4 N–H and O–H groups in total. The summed E-state index contributed by atoms with van der Waals surface area (Å²) in [5, 5.41) is 2.65. The molecular formula is C13H19N3O. The molecule has 0 atom stereocenters. The highest BCUT2D eigenvalue weighted by Crippen LogP contribution is 2.32. The Balaban J connectivity index is 1.99. The molecule has 17 heavy (non-hydrogen) atoms. The Kier molecular flexibility index (Phi) is 3.98.